The zero-order chi connectivity index (χ0) is 61.0. The molecule has 2 fully saturated rings. The van der Waals surface area contributed by atoms with Gasteiger partial charge in [-0.1, -0.05) is 79.5 Å². The molecule has 2 aliphatic rings. The molecule has 1 unspecified atom stereocenters. The van der Waals surface area contributed by atoms with E-state index in [1.54, 1.807) is 30.0 Å². The van der Waals surface area contributed by atoms with Gasteiger partial charge in [-0.05, 0) is 81.5 Å². The summed E-state index contributed by atoms with van der Waals surface area (Å²) in [5.41, 5.74) is 1.70. The number of amides is 5. The van der Waals surface area contributed by atoms with Crippen LogP contribution in [0.4, 0.5) is 0 Å². The van der Waals surface area contributed by atoms with Crippen molar-refractivity contribution in [1.29, 1.82) is 0 Å². The summed E-state index contributed by atoms with van der Waals surface area (Å²) in [6.07, 6.45) is 5.28. The number of carbonyl (C=O) groups is 10. The molecule has 20 nitrogen and oxygen atoms in total. The number of imide groups is 1. The minimum Gasteiger partial charge on any atom is -0.481 e. The number of hydrogen-bond donors (Lipinski definition) is 5. The average molecular weight is 1170 g/mol. The van der Waals surface area contributed by atoms with Crippen LogP contribution < -0.4 is 10.6 Å². The molecule has 2 aliphatic heterocycles. The molecule has 2 saturated heterocycles. The molecule has 0 bridgehead atoms. The number of nitrogens with one attached hydrogen (secondary N) is 3. The molecule has 0 radical (unpaired) electrons. The fraction of sp³-hybridized carbons (Fsp3) is 0.705. The molecule has 2 aromatic rings. The van der Waals surface area contributed by atoms with Crippen molar-refractivity contribution in [3.05, 3.63) is 36.0 Å². The molecule has 82 heavy (non-hydrogen) atoms. The fourth-order valence-corrected chi connectivity index (χ4v) is 12.3. The number of unbranched alkanes of at least 4 members (excludes halogenated alkanes) is 2. The molecule has 458 valence electrons. The Morgan fingerprint density at radius 3 is 2.23 bits per heavy atom. The normalized spacial score (nSPS) is 19.0. The summed E-state index contributed by atoms with van der Waals surface area (Å²) in [6.45, 7) is 14.5. The molecular weight excluding hydrogens is 1070 g/mol. The largest absolute Gasteiger partial charge is 0.481 e. The number of aromatic nitrogens is 1. The first kappa shape index (κ1) is 69.1. The lowest BCUT2D eigenvalue weighted by Gasteiger charge is -2.41. The summed E-state index contributed by atoms with van der Waals surface area (Å²) < 4.78 is 12.1. The maximum Gasteiger partial charge on any atom is 0.307 e. The number of ketones is 3. The highest BCUT2D eigenvalue weighted by Gasteiger charge is 2.44. The number of carboxylic acids is 1. The number of hydrogen-bond acceptors (Lipinski definition) is 15. The number of nitrogens with zero attached hydrogens (tertiary/aromatic N) is 4. The number of H-pyrrole nitrogens is 1. The van der Waals surface area contributed by atoms with E-state index >= 15 is 0 Å². The smallest absolute Gasteiger partial charge is 0.307 e. The second-order valence-corrected chi connectivity index (χ2v) is 23.9. The summed E-state index contributed by atoms with van der Waals surface area (Å²) in [6, 6.07) is 4.71. The molecule has 11 atom stereocenters. The zero-order valence-electron chi connectivity index (χ0n) is 50.5. The summed E-state index contributed by atoms with van der Waals surface area (Å²) in [4.78, 5) is 141. The zero-order valence-corrected chi connectivity index (χ0v) is 51.4. The maximum atomic E-state index is 14.8. The molecular formula is C61H95N7O13S. The number of aromatic amines is 1. The minimum absolute atomic E-state index is 0.0180. The number of rotatable bonds is 39. The van der Waals surface area contributed by atoms with Gasteiger partial charge >= 0.3 is 5.97 Å². The van der Waals surface area contributed by atoms with Crippen molar-refractivity contribution in [2.24, 2.45) is 35.5 Å². The van der Waals surface area contributed by atoms with Crippen molar-refractivity contribution in [3.8, 4) is 0 Å². The van der Waals surface area contributed by atoms with Crippen LogP contribution in [0.1, 0.15) is 138 Å². The number of aliphatic carboxylic acids is 1. The number of carboxylic acid groups (broad SMARTS) is 1. The van der Waals surface area contributed by atoms with E-state index in [0.717, 1.165) is 16.5 Å². The van der Waals surface area contributed by atoms with E-state index in [-0.39, 0.29) is 128 Å². The van der Waals surface area contributed by atoms with Crippen molar-refractivity contribution in [2.75, 3.05) is 60.2 Å². The molecule has 1 aromatic heterocycles. The van der Waals surface area contributed by atoms with Crippen molar-refractivity contribution < 1.29 is 62.5 Å². The number of carbonyl (C=O) groups excluding carboxylic acids is 9. The van der Waals surface area contributed by atoms with Crippen LogP contribution in [-0.2, 0) is 63.8 Å². The van der Waals surface area contributed by atoms with Crippen LogP contribution in [0, 0.1) is 35.5 Å². The molecule has 0 spiro atoms. The lowest BCUT2D eigenvalue weighted by Crippen LogP contribution is -2.54. The first-order valence-electron chi connectivity index (χ1n) is 29.5. The third-order valence-electron chi connectivity index (χ3n) is 17.0. The third-order valence-corrected chi connectivity index (χ3v) is 17.4. The summed E-state index contributed by atoms with van der Waals surface area (Å²) in [5, 5.41) is 16.7. The number of likely N-dealkylation sites (N-methyl/N-ethyl adjacent to an activating group) is 2. The molecule has 0 saturated carbocycles. The first-order chi connectivity index (χ1) is 38.9. The van der Waals surface area contributed by atoms with Crippen LogP contribution in [-0.4, -0.2) is 191 Å². The molecule has 0 aliphatic carbocycles. The van der Waals surface area contributed by atoms with Gasteiger partial charge in [0, 0.05) is 94.7 Å². The topological polar surface area (TPSA) is 262 Å². The predicted octanol–water partition coefficient (Wildman–Crippen LogP) is 5.72. The SMILES string of the molecule is CC[C@H](C)[C@@H]([C@@H](CC(=O)N1CCC[C@H]1[C@H](OC)[C@@H](C)C(=O)C[C@@H](Cc1c[nH]c2ccccc12)C(=O)O)OC)N(C)C(=O)[C@@H](CC(=O)[C@H](C(C)C)N(C)CCCC(=O)CNC(=O)CCCCCN1C(=O)CC(N[C@H](C=O)CS)C1=O)C(C)C. The minimum atomic E-state index is -1.06. The number of methoxy groups -OCH3 is 2. The van der Waals surface area contributed by atoms with E-state index in [2.05, 4.69) is 28.2 Å². The van der Waals surface area contributed by atoms with Gasteiger partial charge in [-0.2, -0.15) is 12.6 Å². The third kappa shape index (κ3) is 19.1. The molecule has 3 heterocycles. The van der Waals surface area contributed by atoms with Gasteiger partial charge in [0.1, 0.15) is 12.1 Å². The standard InChI is InChI=1S/C61H95N7O13S/c1-12-39(6)57(52(80-10)32-55(75)67-27-19-23-49(67)58(81-11)40(7)50(71)29-41(61(78)79)28-42-33-62-47-22-16-15-21-45(42)47)66(9)59(76)46(37(2)3)30-51(72)56(38(4)5)65(8)25-18-20-44(70)34-63-53(73)24-14-13-17-26-68-54(74)31-48(60(68)77)64-43(35-69)36-82/h15-16,21-22,33,35,37-41,43,46,48-49,52,56-58,62,64,82H,12-14,17-20,23-32,34,36H2,1-11H3,(H,63,73)(H,78,79)/t39-,40-,41+,43+,46-,48?,49-,52+,56-,57-,58+/m0/s1. The number of likely N-dealkylation sites (tertiary alicyclic amines) is 2. The predicted molar refractivity (Wildman–Crippen MR) is 316 cm³/mol. The number of fused-ring (bicyclic) bond motifs is 1. The summed E-state index contributed by atoms with van der Waals surface area (Å²) >= 11 is 4.08. The van der Waals surface area contributed by atoms with Crippen LogP contribution in [0.25, 0.3) is 10.9 Å². The van der Waals surface area contributed by atoms with Crippen LogP contribution in [0.15, 0.2) is 30.5 Å². The average Bonchev–Trinajstić information content (AvgIpc) is 4.35. The van der Waals surface area contributed by atoms with Crippen LogP contribution in [0.3, 0.4) is 0 Å². The lowest BCUT2D eigenvalue weighted by molar-refractivity contribution is -0.149. The number of ether oxygens (including phenoxy) is 2. The highest BCUT2D eigenvalue weighted by molar-refractivity contribution is 7.80. The van der Waals surface area contributed by atoms with E-state index in [4.69, 9.17) is 9.47 Å². The number of thiol groups is 1. The molecule has 4 rings (SSSR count). The fourth-order valence-electron chi connectivity index (χ4n) is 12.1. The first-order valence-corrected chi connectivity index (χ1v) is 30.2. The Hall–Kier alpha value is -5.35. The quantitative estimate of drug-likeness (QED) is 0.0232. The van der Waals surface area contributed by atoms with Gasteiger partial charge in [0.25, 0.3) is 0 Å². The van der Waals surface area contributed by atoms with Crippen molar-refractivity contribution in [1.82, 2.24) is 35.2 Å². The molecule has 1 aromatic carbocycles. The second kappa shape index (κ2) is 33.8. The molecule has 21 heteroatoms. The Morgan fingerprint density at radius 2 is 1.61 bits per heavy atom. The van der Waals surface area contributed by atoms with Crippen molar-refractivity contribution in [2.45, 2.75) is 181 Å². The van der Waals surface area contributed by atoms with Crippen molar-refractivity contribution in [3.63, 3.8) is 0 Å². The van der Waals surface area contributed by atoms with Gasteiger partial charge in [-0.25, -0.2) is 0 Å². The van der Waals surface area contributed by atoms with Crippen molar-refractivity contribution >= 4 is 82.7 Å². The van der Waals surface area contributed by atoms with Gasteiger partial charge in [-0.3, -0.25) is 58.3 Å². The number of para-hydroxylation sites is 1. The van der Waals surface area contributed by atoms with E-state index in [9.17, 15) is 53.1 Å². The number of Topliss-reactive ketones (excluding diaryl/α,β-unsaturated/α-hetero) is 3. The Kier molecular flexibility index (Phi) is 28.5. The van der Waals surface area contributed by atoms with E-state index in [1.165, 1.54) is 19.1 Å². The summed E-state index contributed by atoms with van der Waals surface area (Å²) in [5.74, 6) is -5.55. The Morgan fingerprint density at radius 1 is 0.902 bits per heavy atom. The molecule has 4 N–H and O–H groups in total. The van der Waals surface area contributed by atoms with Gasteiger partial charge in [0.15, 0.2) is 11.6 Å². The van der Waals surface area contributed by atoms with Gasteiger partial charge in [0.2, 0.25) is 29.5 Å². The van der Waals surface area contributed by atoms with Gasteiger partial charge in [0.05, 0.1) is 67.7 Å². The highest BCUT2D eigenvalue weighted by Crippen LogP contribution is 2.33. The van der Waals surface area contributed by atoms with Crippen LogP contribution in [0.2, 0.25) is 0 Å². The number of benzene rings is 1. The number of aldehydes is 1. The monoisotopic (exact) mass is 1170 g/mol. The second-order valence-electron chi connectivity index (χ2n) is 23.5. The Balaban J connectivity index is 1.29. The van der Waals surface area contributed by atoms with Crippen LogP contribution in [0.5, 0.6) is 0 Å². The highest BCUT2D eigenvalue weighted by atomic mass is 32.1. The van der Waals surface area contributed by atoms with Gasteiger partial charge < -0.3 is 39.5 Å². The van der Waals surface area contributed by atoms with Crippen LogP contribution >= 0.6 is 12.6 Å². The Bertz CT molecular complexity index is 2490. The summed E-state index contributed by atoms with van der Waals surface area (Å²) in [7, 11) is 6.59. The molecule has 5 amide bonds. The van der Waals surface area contributed by atoms with E-state index in [0.29, 0.717) is 64.3 Å². The Labute approximate surface area is 491 Å². The van der Waals surface area contributed by atoms with E-state index in [1.807, 2.05) is 77.8 Å². The lowest BCUT2D eigenvalue weighted by atomic mass is 9.83. The van der Waals surface area contributed by atoms with Gasteiger partial charge in [-0.15, -0.1) is 0 Å². The maximum absolute atomic E-state index is 14.8. The van der Waals surface area contributed by atoms with E-state index < -0.39 is 66.1 Å².